The van der Waals surface area contributed by atoms with Crippen LogP contribution < -0.4 is 9.62 Å². The zero-order chi connectivity index (χ0) is 17.3. The van der Waals surface area contributed by atoms with Crippen LogP contribution >= 0.6 is 11.6 Å². The maximum Gasteiger partial charge on any atom is 0.244 e. The van der Waals surface area contributed by atoms with E-state index in [4.69, 9.17) is 11.6 Å². The highest BCUT2D eigenvalue weighted by molar-refractivity contribution is 7.89. The standard InChI is InChI=1S/C17H17ClN2O3S/c1-12(19-24(22,23)15-8-6-14(18)7-9-15)17(21)20-11-10-13-4-2-3-5-16(13)20/h2-9,12,19H,10-11H2,1H3/t12-/m1/s1. The Bertz CT molecular complexity index is 866. The molecule has 0 bridgehead atoms. The Morgan fingerprint density at radius 2 is 1.83 bits per heavy atom. The number of benzene rings is 2. The number of carbonyl (C=O) groups is 1. The van der Waals surface area contributed by atoms with Crippen molar-refractivity contribution in [1.82, 2.24) is 4.72 Å². The van der Waals surface area contributed by atoms with Crippen molar-refractivity contribution in [2.45, 2.75) is 24.3 Å². The first-order valence-corrected chi connectivity index (χ1v) is 9.42. The highest BCUT2D eigenvalue weighted by atomic mass is 35.5. The van der Waals surface area contributed by atoms with Crippen molar-refractivity contribution in [2.24, 2.45) is 0 Å². The van der Waals surface area contributed by atoms with Crippen molar-refractivity contribution in [3.8, 4) is 0 Å². The van der Waals surface area contributed by atoms with Crippen LogP contribution in [0, 0.1) is 0 Å². The number of carbonyl (C=O) groups excluding carboxylic acids is 1. The fraction of sp³-hybridized carbons (Fsp3) is 0.235. The molecule has 3 rings (SSSR count). The third kappa shape index (κ3) is 3.31. The Labute approximate surface area is 146 Å². The van der Waals surface area contributed by atoms with Gasteiger partial charge in [0.1, 0.15) is 0 Å². The van der Waals surface area contributed by atoms with Crippen LogP contribution in [0.25, 0.3) is 0 Å². The van der Waals surface area contributed by atoms with Gasteiger partial charge in [0.2, 0.25) is 15.9 Å². The van der Waals surface area contributed by atoms with Crippen LogP contribution in [-0.4, -0.2) is 26.9 Å². The molecule has 5 nitrogen and oxygen atoms in total. The van der Waals surface area contributed by atoms with E-state index in [-0.39, 0.29) is 10.8 Å². The molecule has 1 N–H and O–H groups in total. The van der Waals surface area contributed by atoms with E-state index < -0.39 is 16.1 Å². The molecule has 126 valence electrons. The van der Waals surface area contributed by atoms with Gasteiger partial charge in [0.05, 0.1) is 10.9 Å². The summed E-state index contributed by atoms with van der Waals surface area (Å²) in [5, 5.41) is 0.451. The van der Waals surface area contributed by atoms with Gasteiger partial charge in [0.25, 0.3) is 0 Å². The SMILES string of the molecule is C[C@@H](NS(=O)(=O)c1ccc(Cl)cc1)C(=O)N1CCc2ccccc21. The van der Waals surface area contributed by atoms with E-state index in [1.165, 1.54) is 24.3 Å². The monoisotopic (exact) mass is 364 g/mol. The summed E-state index contributed by atoms with van der Waals surface area (Å²) in [6, 6.07) is 12.6. The van der Waals surface area contributed by atoms with E-state index in [9.17, 15) is 13.2 Å². The lowest BCUT2D eigenvalue weighted by Gasteiger charge is -2.22. The number of rotatable bonds is 4. The second-order valence-corrected chi connectivity index (χ2v) is 7.82. The topological polar surface area (TPSA) is 66.5 Å². The number of amides is 1. The fourth-order valence-corrected chi connectivity index (χ4v) is 4.09. The first-order chi connectivity index (χ1) is 11.4. The molecule has 24 heavy (non-hydrogen) atoms. The van der Waals surface area contributed by atoms with Gasteiger partial charge in [0, 0.05) is 17.3 Å². The molecule has 1 aliphatic rings. The molecule has 0 aromatic heterocycles. The van der Waals surface area contributed by atoms with Gasteiger partial charge in [-0.15, -0.1) is 0 Å². The molecule has 0 saturated heterocycles. The van der Waals surface area contributed by atoms with E-state index in [0.29, 0.717) is 11.6 Å². The summed E-state index contributed by atoms with van der Waals surface area (Å²) in [6.07, 6.45) is 0.776. The zero-order valence-electron chi connectivity index (χ0n) is 13.1. The number of para-hydroxylation sites is 1. The number of nitrogens with one attached hydrogen (secondary N) is 1. The van der Waals surface area contributed by atoms with Gasteiger partial charge in [-0.05, 0) is 49.2 Å². The Balaban J connectivity index is 1.76. The first-order valence-electron chi connectivity index (χ1n) is 7.56. The van der Waals surface area contributed by atoms with Crippen molar-refractivity contribution < 1.29 is 13.2 Å². The average Bonchev–Trinajstić information content (AvgIpc) is 2.98. The molecule has 0 aliphatic carbocycles. The minimum Gasteiger partial charge on any atom is -0.310 e. The first kappa shape index (κ1) is 17.0. The Kier molecular flexibility index (Phi) is 4.62. The maximum atomic E-state index is 12.6. The molecule has 7 heteroatoms. The lowest BCUT2D eigenvalue weighted by Crippen LogP contribution is -2.46. The minimum absolute atomic E-state index is 0.0772. The second kappa shape index (κ2) is 6.55. The summed E-state index contributed by atoms with van der Waals surface area (Å²) in [4.78, 5) is 14.4. The zero-order valence-corrected chi connectivity index (χ0v) is 14.6. The lowest BCUT2D eigenvalue weighted by atomic mass is 10.2. The molecule has 0 unspecified atom stereocenters. The quantitative estimate of drug-likeness (QED) is 0.906. The van der Waals surface area contributed by atoms with Crippen molar-refractivity contribution in [1.29, 1.82) is 0 Å². The molecule has 0 radical (unpaired) electrons. The van der Waals surface area contributed by atoms with Crippen molar-refractivity contribution >= 4 is 33.2 Å². The van der Waals surface area contributed by atoms with E-state index >= 15 is 0 Å². The van der Waals surface area contributed by atoms with Crippen LogP contribution in [0.3, 0.4) is 0 Å². The number of sulfonamides is 1. The minimum atomic E-state index is -3.78. The summed E-state index contributed by atoms with van der Waals surface area (Å²) in [7, 11) is -3.78. The predicted molar refractivity (Wildman–Crippen MR) is 93.7 cm³/mol. The maximum absolute atomic E-state index is 12.6. The summed E-state index contributed by atoms with van der Waals surface area (Å²) in [5.74, 6) is -0.266. The van der Waals surface area contributed by atoms with E-state index in [1.807, 2.05) is 24.3 Å². The number of fused-ring (bicyclic) bond motifs is 1. The van der Waals surface area contributed by atoms with Gasteiger partial charge in [0.15, 0.2) is 0 Å². The Morgan fingerprint density at radius 3 is 2.54 bits per heavy atom. The number of halogens is 1. The molecule has 0 fully saturated rings. The van der Waals surface area contributed by atoms with Crippen LogP contribution in [-0.2, 0) is 21.2 Å². The van der Waals surface area contributed by atoms with Crippen LogP contribution in [0.4, 0.5) is 5.69 Å². The van der Waals surface area contributed by atoms with E-state index in [2.05, 4.69) is 4.72 Å². The molecular formula is C17H17ClN2O3S. The largest absolute Gasteiger partial charge is 0.310 e. The summed E-state index contributed by atoms with van der Waals surface area (Å²) >= 11 is 5.78. The smallest absolute Gasteiger partial charge is 0.244 e. The van der Waals surface area contributed by atoms with Crippen molar-refractivity contribution in [3.63, 3.8) is 0 Å². The molecule has 1 aliphatic heterocycles. The molecule has 1 amide bonds. The van der Waals surface area contributed by atoms with Gasteiger partial charge >= 0.3 is 0 Å². The van der Waals surface area contributed by atoms with Gasteiger partial charge in [-0.1, -0.05) is 29.8 Å². The summed E-state index contributed by atoms with van der Waals surface area (Å²) in [6.45, 7) is 2.11. The molecule has 0 spiro atoms. The van der Waals surface area contributed by atoms with Gasteiger partial charge < -0.3 is 4.90 Å². The van der Waals surface area contributed by atoms with E-state index in [0.717, 1.165) is 17.7 Å². The number of hydrogen-bond acceptors (Lipinski definition) is 3. The highest BCUT2D eigenvalue weighted by Crippen LogP contribution is 2.28. The van der Waals surface area contributed by atoms with Crippen LogP contribution in [0.5, 0.6) is 0 Å². The lowest BCUT2D eigenvalue weighted by molar-refractivity contribution is -0.119. The fourth-order valence-electron chi connectivity index (χ4n) is 2.77. The summed E-state index contributed by atoms with van der Waals surface area (Å²) < 4.78 is 27.2. The van der Waals surface area contributed by atoms with Gasteiger partial charge in [-0.25, -0.2) is 8.42 Å². The average molecular weight is 365 g/mol. The highest BCUT2D eigenvalue weighted by Gasteiger charge is 2.30. The molecule has 2 aromatic rings. The van der Waals surface area contributed by atoms with Crippen LogP contribution in [0.15, 0.2) is 53.4 Å². The Hall–Kier alpha value is -1.89. The molecule has 1 atom stereocenters. The third-order valence-electron chi connectivity index (χ3n) is 3.98. The number of anilines is 1. The molecule has 1 heterocycles. The predicted octanol–water partition coefficient (Wildman–Crippen LogP) is 2.60. The molecule has 0 saturated carbocycles. The normalized spacial score (nSPS) is 15.2. The van der Waals surface area contributed by atoms with Crippen molar-refractivity contribution in [2.75, 3.05) is 11.4 Å². The third-order valence-corrected chi connectivity index (χ3v) is 5.79. The van der Waals surface area contributed by atoms with Gasteiger partial charge in [-0.2, -0.15) is 4.72 Å². The van der Waals surface area contributed by atoms with Crippen molar-refractivity contribution in [3.05, 3.63) is 59.1 Å². The summed E-state index contributed by atoms with van der Waals surface area (Å²) in [5.41, 5.74) is 1.94. The molecule has 2 aromatic carbocycles. The molecular weight excluding hydrogens is 348 g/mol. The van der Waals surface area contributed by atoms with Crippen LogP contribution in [0.2, 0.25) is 5.02 Å². The van der Waals surface area contributed by atoms with Crippen LogP contribution in [0.1, 0.15) is 12.5 Å². The number of hydrogen-bond donors (Lipinski definition) is 1. The Morgan fingerprint density at radius 1 is 1.17 bits per heavy atom. The number of nitrogens with zero attached hydrogens (tertiary/aromatic N) is 1. The van der Waals surface area contributed by atoms with Gasteiger partial charge in [-0.3, -0.25) is 4.79 Å². The second-order valence-electron chi connectivity index (χ2n) is 5.67. The van der Waals surface area contributed by atoms with E-state index in [1.54, 1.807) is 11.8 Å².